The number of methoxy groups -OCH3 is 1. The fourth-order valence-electron chi connectivity index (χ4n) is 6.02. The van der Waals surface area contributed by atoms with Crippen LogP contribution in [0.5, 0.6) is 5.75 Å². The Kier molecular flexibility index (Phi) is 8.03. The molecule has 0 spiro atoms. The zero-order chi connectivity index (χ0) is 33.4. The van der Waals surface area contributed by atoms with Gasteiger partial charge in [-0.3, -0.25) is 24.3 Å². The molecule has 3 heterocycles. The predicted octanol–water partition coefficient (Wildman–Crippen LogP) is 5.79. The van der Waals surface area contributed by atoms with E-state index in [0.29, 0.717) is 38.6 Å². The van der Waals surface area contributed by atoms with Crippen LogP contribution >= 0.6 is 11.3 Å². The van der Waals surface area contributed by atoms with Crippen molar-refractivity contribution < 1.29 is 14.5 Å². The first-order valence-electron chi connectivity index (χ1n) is 15.1. The van der Waals surface area contributed by atoms with Crippen LogP contribution in [0.1, 0.15) is 29.7 Å². The van der Waals surface area contributed by atoms with Crippen molar-refractivity contribution in [1.29, 1.82) is 0 Å². The molecule has 0 saturated heterocycles. The van der Waals surface area contributed by atoms with E-state index in [4.69, 9.17) is 9.73 Å². The number of anilines is 1. The van der Waals surface area contributed by atoms with Crippen LogP contribution in [-0.2, 0) is 11.3 Å². The summed E-state index contributed by atoms with van der Waals surface area (Å²) >= 11 is 1.28. The molecule has 1 aliphatic rings. The highest BCUT2D eigenvalue weighted by Crippen LogP contribution is 2.32. The van der Waals surface area contributed by atoms with Gasteiger partial charge in [0.2, 0.25) is 0 Å². The zero-order valence-corrected chi connectivity index (χ0v) is 26.8. The van der Waals surface area contributed by atoms with Crippen molar-refractivity contribution in [2.45, 2.75) is 19.5 Å². The van der Waals surface area contributed by atoms with E-state index in [-0.39, 0.29) is 17.2 Å². The van der Waals surface area contributed by atoms with Crippen molar-refractivity contribution in [2.24, 2.45) is 4.99 Å². The van der Waals surface area contributed by atoms with E-state index < -0.39 is 11.0 Å². The lowest BCUT2D eigenvalue weighted by molar-refractivity contribution is -0.384. The average Bonchev–Trinajstić information content (AvgIpc) is 3.60. The molecule has 4 aromatic carbocycles. The minimum atomic E-state index is -0.721. The number of thiazole rings is 1. The standard InChI is InChI=1S/C37H29N5O5S/c1-23-33(35(43)39-27-8-4-3-5-9-27)34(25-14-18-29(47-2)19-15-25)41-36(44)32(48-37(41)38-23)20-26-22-40(31-11-7-6-10-30(26)31)21-24-12-16-28(17-13-24)42(45)46/h3-20,22,34H,21H2,1-2H3,(H,39,43)/b32-20+/t34-/m0/s1. The van der Waals surface area contributed by atoms with Gasteiger partial charge in [0.05, 0.1) is 33.9 Å². The number of nitro groups is 1. The van der Waals surface area contributed by atoms with Crippen LogP contribution in [0.2, 0.25) is 0 Å². The van der Waals surface area contributed by atoms with Crippen molar-refractivity contribution in [3.8, 4) is 5.75 Å². The second-order valence-electron chi connectivity index (χ2n) is 11.3. The number of allylic oxidation sites excluding steroid dienone is 1. The van der Waals surface area contributed by atoms with Crippen LogP contribution in [-0.4, -0.2) is 27.1 Å². The molecule has 0 fully saturated rings. The highest BCUT2D eigenvalue weighted by molar-refractivity contribution is 7.07. The topological polar surface area (TPSA) is 121 Å². The maximum absolute atomic E-state index is 14.3. The first-order valence-corrected chi connectivity index (χ1v) is 16.0. The van der Waals surface area contributed by atoms with Crippen molar-refractivity contribution >= 4 is 45.6 Å². The molecule has 0 saturated carbocycles. The molecule has 7 rings (SSSR count). The van der Waals surface area contributed by atoms with Crippen LogP contribution in [0.15, 0.2) is 130 Å². The summed E-state index contributed by atoms with van der Waals surface area (Å²) in [6.45, 7) is 2.28. The molecule has 0 bridgehead atoms. The van der Waals surface area contributed by atoms with Crippen molar-refractivity contribution in [2.75, 3.05) is 12.4 Å². The second-order valence-corrected chi connectivity index (χ2v) is 12.3. The number of hydrogen-bond donors (Lipinski definition) is 1. The number of para-hydroxylation sites is 2. The summed E-state index contributed by atoms with van der Waals surface area (Å²) in [7, 11) is 1.59. The van der Waals surface area contributed by atoms with Gasteiger partial charge in [-0.05, 0) is 54.5 Å². The van der Waals surface area contributed by atoms with Gasteiger partial charge < -0.3 is 14.6 Å². The van der Waals surface area contributed by atoms with Crippen LogP contribution in [0, 0.1) is 10.1 Å². The van der Waals surface area contributed by atoms with Crippen molar-refractivity contribution in [3.05, 3.63) is 167 Å². The molecule has 48 heavy (non-hydrogen) atoms. The molecule has 1 amide bonds. The van der Waals surface area contributed by atoms with Crippen molar-refractivity contribution in [1.82, 2.24) is 9.13 Å². The molecule has 6 aromatic rings. The Morgan fingerprint density at radius 2 is 1.71 bits per heavy atom. The lowest BCUT2D eigenvalue weighted by Gasteiger charge is -2.25. The summed E-state index contributed by atoms with van der Waals surface area (Å²) in [6.07, 6.45) is 3.85. The lowest BCUT2D eigenvalue weighted by atomic mass is 9.95. The highest BCUT2D eigenvalue weighted by atomic mass is 32.1. The molecule has 1 aliphatic heterocycles. The van der Waals surface area contributed by atoms with E-state index in [9.17, 15) is 19.7 Å². The number of benzene rings is 4. The van der Waals surface area contributed by atoms with E-state index >= 15 is 0 Å². The number of nitrogens with zero attached hydrogens (tertiary/aromatic N) is 4. The fraction of sp³-hybridized carbons (Fsp3) is 0.108. The number of carbonyl (C=O) groups excluding carboxylic acids is 1. The Morgan fingerprint density at radius 1 is 1.00 bits per heavy atom. The molecule has 1 N–H and O–H groups in total. The largest absolute Gasteiger partial charge is 0.497 e. The van der Waals surface area contributed by atoms with Gasteiger partial charge in [0.15, 0.2) is 4.80 Å². The third-order valence-electron chi connectivity index (χ3n) is 8.34. The van der Waals surface area contributed by atoms with Gasteiger partial charge in [-0.2, -0.15) is 0 Å². The molecule has 2 aromatic heterocycles. The lowest BCUT2D eigenvalue weighted by Crippen LogP contribution is -2.40. The molecule has 238 valence electrons. The molecule has 11 heteroatoms. The monoisotopic (exact) mass is 655 g/mol. The number of rotatable bonds is 8. The maximum atomic E-state index is 14.3. The number of aromatic nitrogens is 2. The molecule has 0 radical (unpaired) electrons. The van der Waals surface area contributed by atoms with Crippen LogP contribution in [0.25, 0.3) is 17.0 Å². The SMILES string of the molecule is COc1ccc([C@H]2C(C(=O)Nc3ccccc3)=C(C)N=c3s/c(=C/c4cn(Cc5ccc([N+](=O)[O-])cc5)c5ccccc45)c(=O)n32)cc1. The van der Waals surface area contributed by atoms with Crippen LogP contribution in [0.4, 0.5) is 11.4 Å². The van der Waals surface area contributed by atoms with Crippen LogP contribution in [0.3, 0.4) is 0 Å². The Morgan fingerprint density at radius 3 is 2.42 bits per heavy atom. The third-order valence-corrected chi connectivity index (χ3v) is 9.32. The summed E-state index contributed by atoms with van der Waals surface area (Å²) in [5, 5.41) is 15.1. The number of nitrogens with one attached hydrogen (secondary N) is 1. The number of carbonyl (C=O) groups is 1. The summed E-state index contributed by atoms with van der Waals surface area (Å²) < 4.78 is 9.51. The third kappa shape index (κ3) is 5.71. The Balaban J connectivity index is 1.33. The summed E-state index contributed by atoms with van der Waals surface area (Å²) in [4.78, 5) is 44.1. The molecular formula is C37H29N5O5S. The molecule has 0 aliphatic carbocycles. The van der Waals surface area contributed by atoms with E-state index in [2.05, 4.69) is 9.88 Å². The minimum absolute atomic E-state index is 0.0380. The quantitative estimate of drug-likeness (QED) is 0.164. The predicted molar refractivity (Wildman–Crippen MR) is 186 cm³/mol. The first kappa shape index (κ1) is 30.6. The molecular weight excluding hydrogens is 627 g/mol. The number of fused-ring (bicyclic) bond motifs is 2. The summed E-state index contributed by atoms with van der Waals surface area (Å²) in [5.41, 5.74) is 4.77. The number of nitro benzene ring substituents is 1. The normalized spacial score (nSPS) is 14.5. The smallest absolute Gasteiger partial charge is 0.271 e. The van der Waals surface area contributed by atoms with Crippen LogP contribution < -0.4 is 24.9 Å². The Hall–Kier alpha value is -6.07. The molecule has 10 nitrogen and oxygen atoms in total. The molecule has 1 atom stereocenters. The van der Waals surface area contributed by atoms with Crippen molar-refractivity contribution in [3.63, 3.8) is 0 Å². The number of hydrogen-bond acceptors (Lipinski definition) is 7. The van der Waals surface area contributed by atoms with E-state index in [1.165, 1.54) is 23.5 Å². The summed E-state index contributed by atoms with van der Waals surface area (Å²) in [6, 6.07) is 30.2. The van der Waals surface area contributed by atoms with Gasteiger partial charge in [-0.25, -0.2) is 4.99 Å². The molecule has 0 unspecified atom stereocenters. The van der Waals surface area contributed by atoms with E-state index in [1.807, 2.05) is 91.1 Å². The number of non-ortho nitro benzene ring substituents is 1. The highest BCUT2D eigenvalue weighted by Gasteiger charge is 2.32. The first-order chi connectivity index (χ1) is 23.3. The Labute approximate surface area is 278 Å². The van der Waals surface area contributed by atoms with Gasteiger partial charge in [-0.1, -0.05) is 72.0 Å². The zero-order valence-electron chi connectivity index (χ0n) is 26.0. The second kappa shape index (κ2) is 12.6. The average molecular weight is 656 g/mol. The fourth-order valence-corrected chi connectivity index (χ4v) is 7.05. The number of amides is 1. The number of ether oxygens (including phenoxy) is 1. The van der Waals surface area contributed by atoms with Gasteiger partial charge in [0, 0.05) is 47.0 Å². The van der Waals surface area contributed by atoms with Gasteiger partial charge in [0.1, 0.15) is 5.75 Å². The van der Waals surface area contributed by atoms with E-state index in [1.54, 1.807) is 30.7 Å². The summed E-state index contributed by atoms with van der Waals surface area (Å²) in [5.74, 6) is 0.319. The van der Waals surface area contributed by atoms with Gasteiger partial charge in [-0.15, -0.1) is 0 Å². The minimum Gasteiger partial charge on any atom is -0.497 e. The van der Waals surface area contributed by atoms with E-state index in [0.717, 1.165) is 27.6 Å². The van der Waals surface area contributed by atoms with Gasteiger partial charge in [0.25, 0.3) is 17.2 Å². The Bertz CT molecular complexity index is 2410. The maximum Gasteiger partial charge on any atom is 0.271 e. The van der Waals surface area contributed by atoms with Gasteiger partial charge >= 0.3 is 0 Å².